The number of hydrogen-bond donors (Lipinski definition) is 2. The monoisotopic (exact) mass is 344 g/mol. The standard InChI is InChI=1S/C17H16N2O4S/c1-10(18)17(11(2)20)13(21)9-23-16(22)8-7-15-19-12-5-3-4-6-14(12)24-15/h3-8,18,21H,9H2,1-2H3/b8-7+,17-13-,18-10?. The maximum absolute atomic E-state index is 11.7. The van der Waals surface area contributed by atoms with Crippen LogP contribution in [0.15, 0.2) is 41.7 Å². The van der Waals surface area contributed by atoms with E-state index in [0.717, 1.165) is 10.2 Å². The number of fused-ring (bicyclic) bond motifs is 1. The number of nitrogens with zero attached hydrogens (tertiary/aromatic N) is 1. The summed E-state index contributed by atoms with van der Waals surface area (Å²) in [6.45, 7) is 2.15. The van der Waals surface area contributed by atoms with Gasteiger partial charge < -0.3 is 15.3 Å². The molecule has 6 nitrogen and oxygen atoms in total. The summed E-state index contributed by atoms with van der Waals surface area (Å²) in [4.78, 5) is 27.4. The van der Waals surface area contributed by atoms with E-state index in [1.807, 2.05) is 24.3 Å². The van der Waals surface area contributed by atoms with Crippen LogP contribution in [0.2, 0.25) is 0 Å². The Morgan fingerprint density at radius 2 is 2.04 bits per heavy atom. The number of thiazole rings is 1. The van der Waals surface area contributed by atoms with Crippen molar-refractivity contribution in [3.63, 3.8) is 0 Å². The smallest absolute Gasteiger partial charge is 0.331 e. The summed E-state index contributed by atoms with van der Waals surface area (Å²) < 4.78 is 5.89. The van der Waals surface area contributed by atoms with E-state index in [-0.39, 0.29) is 11.3 Å². The average Bonchev–Trinajstić information content (AvgIpc) is 2.93. The SMILES string of the molecule is CC(=N)/C(C(C)=O)=C(/O)COC(=O)/C=C/c1nc2ccccc2s1. The molecule has 0 aliphatic heterocycles. The van der Waals surface area contributed by atoms with Crippen LogP contribution in [-0.4, -0.2) is 34.2 Å². The third-order valence-corrected chi connectivity index (χ3v) is 4.04. The molecular weight excluding hydrogens is 328 g/mol. The number of benzene rings is 1. The van der Waals surface area contributed by atoms with Gasteiger partial charge >= 0.3 is 5.97 Å². The van der Waals surface area contributed by atoms with Crippen molar-refractivity contribution in [2.75, 3.05) is 6.61 Å². The van der Waals surface area contributed by atoms with Gasteiger partial charge in [0.15, 0.2) is 5.78 Å². The highest BCUT2D eigenvalue weighted by Crippen LogP contribution is 2.22. The fourth-order valence-electron chi connectivity index (χ4n) is 2.04. The Labute approximate surface area is 142 Å². The zero-order valence-corrected chi connectivity index (χ0v) is 14.0. The average molecular weight is 344 g/mol. The predicted molar refractivity (Wildman–Crippen MR) is 93.3 cm³/mol. The van der Waals surface area contributed by atoms with Crippen LogP contribution in [-0.2, 0) is 14.3 Å². The number of carbonyl (C=O) groups is 2. The molecule has 0 bridgehead atoms. The van der Waals surface area contributed by atoms with Gasteiger partial charge in [-0.3, -0.25) is 4.79 Å². The van der Waals surface area contributed by atoms with Crippen LogP contribution in [0.1, 0.15) is 18.9 Å². The first-order valence-corrected chi connectivity index (χ1v) is 7.89. The highest BCUT2D eigenvalue weighted by atomic mass is 32.1. The molecule has 0 atom stereocenters. The Kier molecular flexibility index (Phi) is 5.59. The molecule has 2 rings (SSSR count). The molecule has 2 N–H and O–H groups in total. The number of para-hydroxylation sites is 1. The number of hydrogen-bond acceptors (Lipinski definition) is 7. The number of allylic oxidation sites excluding steroid dienone is 1. The minimum Gasteiger partial charge on any atom is -0.508 e. The number of ether oxygens (including phenoxy) is 1. The molecule has 24 heavy (non-hydrogen) atoms. The van der Waals surface area contributed by atoms with Crippen molar-refractivity contribution in [2.24, 2.45) is 0 Å². The van der Waals surface area contributed by atoms with Gasteiger partial charge in [-0.1, -0.05) is 12.1 Å². The number of esters is 1. The molecule has 7 heteroatoms. The maximum atomic E-state index is 11.7. The van der Waals surface area contributed by atoms with Crippen molar-refractivity contribution in [1.82, 2.24) is 4.98 Å². The molecule has 0 amide bonds. The number of Topliss-reactive ketones (excluding diaryl/α,β-unsaturated/α-hetero) is 1. The summed E-state index contributed by atoms with van der Waals surface area (Å²) in [5.41, 5.74) is 0.627. The van der Waals surface area contributed by atoms with E-state index in [2.05, 4.69) is 4.98 Å². The molecule has 0 radical (unpaired) electrons. The second-order valence-corrected chi connectivity index (χ2v) is 6.03. The summed E-state index contributed by atoms with van der Waals surface area (Å²) in [6.07, 6.45) is 2.73. The highest BCUT2D eigenvalue weighted by molar-refractivity contribution is 7.19. The summed E-state index contributed by atoms with van der Waals surface area (Å²) in [5.74, 6) is -1.57. The molecule has 0 unspecified atom stereocenters. The van der Waals surface area contributed by atoms with Crippen LogP contribution in [0.5, 0.6) is 0 Å². The lowest BCUT2D eigenvalue weighted by atomic mass is 10.1. The van der Waals surface area contributed by atoms with Gasteiger partial charge in [-0.25, -0.2) is 9.78 Å². The maximum Gasteiger partial charge on any atom is 0.331 e. The molecule has 2 aromatic rings. The fourth-order valence-corrected chi connectivity index (χ4v) is 2.91. The van der Waals surface area contributed by atoms with Gasteiger partial charge in [-0.2, -0.15) is 0 Å². The molecule has 0 aliphatic rings. The van der Waals surface area contributed by atoms with Gasteiger partial charge in [0.05, 0.1) is 15.8 Å². The quantitative estimate of drug-likeness (QED) is 0.362. The Morgan fingerprint density at radius 3 is 2.67 bits per heavy atom. The van der Waals surface area contributed by atoms with Crippen molar-refractivity contribution in [3.05, 3.63) is 46.7 Å². The van der Waals surface area contributed by atoms with Gasteiger partial charge in [0.1, 0.15) is 17.4 Å². The van der Waals surface area contributed by atoms with Crippen LogP contribution in [0, 0.1) is 5.41 Å². The summed E-state index contributed by atoms with van der Waals surface area (Å²) >= 11 is 1.44. The first-order chi connectivity index (χ1) is 11.4. The van der Waals surface area contributed by atoms with E-state index >= 15 is 0 Å². The zero-order chi connectivity index (χ0) is 17.7. The lowest BCUT2D eigenvalue weighted by Crippen LogP contribution is -2.14. The Hall–Kier alpha value is -2.80. The molecule has 1 aromatic heterocycles. The minimum atomic E-state index is -0.675. The number of ketones is 1. The molecule has 124 valence electrons. The molecule has 0 saturated carbocycles. The fraction of sp³-hybridized carbons (Fsp3) is 0.176. The van der Waals surface area contributed by atoms with Crippen molar-refractivity contribution < 1.29 is 19.4 Å². The third-order valence-electron chi connectivity index (χ3n) is 3.04. The first kappa shape index (κ1) is 17.6. The highest BCUT2D eigenvalue weighted by Gasteiger charge is 2.14. The Balaban J connectivity index is 2.01. The number of carbonyl (C=O) groups excluding carboxylic acids is 2. The van der Waals surface area contributed by atoms with Crippen molar-refractivity contribution in [1.29, 1.82) is 5.41 Å². The second kappa shape index (κ2) is 7.65. The molecule has 0 saturated heterocycles. The molecule has 0 aliphatic carbocycles. The van der Waals surface area contributed by atoms with Crippen molar-refractivity contribution in [2.45, 2.75) is 13.8 Å². The largest absolute Gasteiger partial charge is 0.508 e. The van der Waals surface area contributed by atoms with Crippen LogP contribution in [0.3, 0.4) is 0 Å². The van der Waals surface area contributed by atoms with E-state index < -0.39 is 24.1 Å². The molecule has 1 aromatic carbocycles. The van der Waals surface area contributed by atoms with Gasteiger partial charge in [0, 0.05) is 11.8 Å². The summed E-state index contributed by atoms with van der Waals surface area (Å²) in [5, 5.41) is 17.9. The molecule has 1 heterocycles. The Bertz CT molecular complexity index is 815. The number of rotatable bonds is 6. The normalized spacial score (nSPS) is 12.2. The van der Waals surface area contributed by atoms with Crippen LogP contribution in [0.4, 0.5) is 0 Å². The summed E-state index contributed by atoms with van der Waals surface area (Å²) in [6, 6.07) is 7.62. The van der Waals surface area contributed by atoms with Crippen LogP contribution >= 0.6 is 11.3 Å². The molecular formula is C17H16N2O4S. The van der Waals surface area contributed by atoms with E-state index in [9.17, 15) is 14.7 Å². The van der Waals surface area contributed by atoms with E-state index in [1.165, 1.54) is 37.3 Å². The molecule has 0 fully saturated rings. The van der Waals surface area contributed by atoms with Crippen LogP contribution in [0.25, 0.3) is 16.3 Å². The van der Waals surface area contributed by atoms with Crippen molar-refractivity contribution >= 4 is 45.1 Å². The predicted octanol–water partition coefficient (Wildman–Crippen LogP) is 3.29. The van der Waals surface area contributed by atoms with E-state index in [4.69, 9.17) is 10.1 Å². The second-order valence-electron chi connectivity index (χ2n) is 4.96. The number of aromatic nitrogens is 1. The van der Waals surface area contributed by atoms with Gasteiger partial charge in [-0.15, -0.1) is 11.3 Å². The minimum absolute atomic E-state index is 0.0823. The molecule has 0 spiro atoms. The number of aliphatic hydroxyl groups excluding tert-OH is 1. The van der Waals surface area contributed by atoms with Gasteiger partial charge in [-0.05, 0) is 32.1 Å². The lowest BCUT2D eigenvalue weighted by Gasteiger charge is -2.06. The zero-order valence-electron chi connectivity index (χ0n) is 13.2. The first-order valence-electron chi connectivity index (χ1n) is 7.07. The van der Waals surface area contributed by atoms with Crippen molar-refractivity contribution in [3.8, 4) is 0 Å². The van der Waals surface area contributed by atoms with E-state index in [0.29, 0.717) is 5.01 Å². The third kappa shape index (κ3) is 4.36. The summed E-state index contributed by atoms with van der Waals surface area (Å²) in [7, 11) is 0. The van der Waals surface area contributed by atoms with E-state index in [1.54, 1.807) is 0 Å². The number of nitrogens with one attached hydrogen (secondary N) is 1. The van der Waals surface area contributed by atoms with Gasteiger partial charge in [0.2, 0.25) is 0 Å². The number of aliphatic hydroxyl groups is 1. The lowest BCUT2D eigenvalue weighted by molar-refractivity contribution is -0.137. The topological polar surface area (TPSA) is 100 Å². The van der Waals surface area contributed by atoms with Gasteiger partial charge in [0.25, 0.3) is 0 Å². The van der Waals surface area contributed by atoms with Crippen LogP contribution < -0.4 is 0 Å². The Morgan fingerprint density at radius 1 is 1.33 bits per heavy atom.